The first kappa shape index (κ1) is 43.7. The van der Waals surface area contributed by atoms with Gasteiger partial charge < -0.3 is 58.1 Å². The Morgan fingerprint density at radius 2 is 1.17 bits per heavy atom. The summed E-state index contributed by atoms with van der Waals surface area (Å²) in [6, 6.07) is -2.14. The molecule has 1 aromatic rings. The number of carbonyl (C=O) groups excluding carboxylic acids is 7. The molecule has 21 heteroatoms. The fourth-order valence-electron chi connectivity index (χ4n) is 4.50. The van der Waals surface area contributed by atoms with Gasteiger partial charge in [-0.15, -0.1) is 0 Å². The van der Waals surface area contributed by atoms with Gasteiger partial charge in [-0.2, -0.15) is 0 Å². The number of carboxylic acids is 3. The number of amides is 7. The standard InChI is InChI=1S/C31H43N7O14/c1-14(2)26(38-29(50)18(8-9-23(42)43)36-30(51)21(12-25(46)47)34-15(3)39)31(52)37-20(11-24(44)45)28(49)33-13-22(41)35-19(27(32)48)10-16-4-6-17(40)7-5-16/h4-7,14,18-21,26,40H,8-13H2,1-3H3,(H2,32,48)(H,33,49)(H,34,39)(H,35,41)(H,36,51)(H,37,52)(H,38,50)(H,42,43)(H,44,45)(H,46,47)/t18-,19-,20-,21-,26-/m0/s1. The first-order valence-corrected chi connectivity index (χ1v) is 15.7. The van der Waals surface area contributed by atoms with Gasteiger partial charge in [0.05, 0.1) is 19.4 Å². The average molecular weight is 738 g/mol. The molecular weight excluding hydrogens is 694 g/mol. The van der Waals surface area contributed by atoms with E-state index in [-0.39, 0.29) is 12.2 Å². The van der Waals surface area contributed by atoms with Gasteiger partial charge in [-0.05, 0) is 30.0 Å². The van der Waals surface area contributed by atoms with E-state index < -0.39 is 128 Å². The van der Waals surface area contributed by atoms with E-state index in [0.717, 1.165) is 6.92 Å². The van der Waals surface area contributed by atoms with Crippen molar-refractivity contribution < 1.29 is 68.4 Å². The van der Waals surface area contributed by atoms with Crippen LogP contribution in [0.1, 0.15) is 52.0 Å². The van der Waals surface area contributed by atoms with Gasteiger partial charge in [0.1, 0.15) is 36.0 Å². The fraction of sp³-hybridized carbons (Fsp3) is 0.484. The van der Waals surface area contributed by atoms with Gasteiger partial charge >= 0.3 is 17.9 Å². The number of carboxylic acid groups (broad SMARTS) is 3. The molecule has 0 fully saturated rings. The molecule has 7 amide bonds. The van der Waals surface area contributed by atoms with Crippen LogP contribution in [0.15, 0.2) is 24.3 Å². The van der Waals surface area contributed by atoms with Crippen LogP contribution in [0.4, 0.5) is 0 Å². The summed E-state index contributed by atoms with van der Waals surface area (Å²) in [5.74, 6) is -12.2. The van der Waals surface area contributed by atoms with Crippen molar-refractivity contribution in [1.29, 1.82) is 0 Å². The van der Waals surface area contributed by atoms with Crippen molar-refractivity contribution >= 4 is 59.3 Å². The Hall–Kier alpha value is -6.28. The number of nitrogens with two attached hydrogens (primary N) is 1. The Bertz CT molecular complexity index is 1500. The Kier molecular flexibility index (Phi) is 17.7. The highest BCUT2D eigenvalue weighted by Crippen LogP contribution is 2.12. The third-order valence-electron chi connectivity index (χ3n) is 7.09. The Labute approximate surface area is 296 Å². The maximum atomic E-state index is 13.3. The van der Waals surface area contributed by atoms with Gasteiger partial charge in [-0.25, -0.2) is 0 Å². The molecule has 0 saturated carbocycles. The van der Waals surface area contributed by atoms with Gasteiger partial charge in [0, 0.05) is 19.8 Å². The smallest absolute Gasteiger partial charge is 0.305 e. The molecular formula is C31H43N7O14. The number of nitrogens with one attached hydrogen (secondary N) is 6. The molecule has 52 heavy (non-hydrogen) atoms. The molecule has 1 aromatic carbocycles. The first-order chi connectivity index (χ1) is 24.2. The SMILES string of the molecule is CC(=O)N[C@@H](CC(=O)O)C(=O)N[C@@H](CCC(=O)O)C(=O)N[C@H](C(=O)N[C@@H](CC(=O)O)C(=O)NCC(=O)N[C@@H](Cc1ccc(O)cc1)C(N)=O)C(C)C. The second kappa shape index (κ2) is 21.1. The minimum atomic E-state index is -1.79. The number of hydrogen-bond acceptors (Lipinski definition) is 11. The summed E-state index contributed by atoms with van der Waals surface area (Å²) in [6.45, 7) is 3.15. The van der Waals surface area contributed by atoms with E-state index >= 15 is 0 Å². The molecule has 0 saturated heterocycles. The monoisotopic (exact) mass is 737 g/mol. The molecule has 0 heterocycles. The van der Waals surface area contributed by atoms with E-state index in [1.807, 2.05) is 0 Å². The zero-order chi connectivity index (χ0) is 39.7. The average Bonchev–Trinajstić information content (AvgIpc) is 3.03. The van der Waals surface area contributed by atoms with Crippen LogP contribution >= 0.6 is 0 Å². The van der Waals surface area contributed by atoms with E-state index in [4.69, 9.17) is 15.9 Å². The van der Waals surface area contributed by atoms with E-state index in [2.05, 4.69) is 31.9 Å². The van der Waals surface area contributed by atoms with Crippen molar-refractivity contribution in [2.45, 2.75) is 83.1 Å². The third-order valence-corrected chi connectivity index (χ3v) is 7.09. The molecule has 0 radical (unpaired) electrons. The van der Waals surface area contributed by atoms with E-state index in [1.54, 1.807) is 0 Å². The Balaban J connectivity index is 3.07. The number of rotatable bonds is 22. The number of aromatic hydroxyl groups is 1. The molecule has 0 unspecified atom stereocenters. The third kappa shape index (κ3) is 16.4. The normalized spacial score (nSPS) is 13.5. The number of phenols is 1. The number of carbonyl (C=O) groups is 10. The van der Waals surface area contributed by atoms with Crippen LogP contribution in [0.2, 0.25) is 0 Å². The topological polar surface area (TPSA) is 350 Å². The van der Waals surface area contributed by atoms with Crippen LogP contribution in [0.3, 0.4) is 0 Å². The molecule has 5 atom stereocenters. The van der Waals surface area contributed by atoms with Crippen molar-refractivity contribution in [2.24, 2.45) is 11.7 Å². The predicted molar refractivity (Wildman–Crippen MR) is 176 cm³/mol. The van der Waals surface area contributed by atoms with E-state index in [1.165, 1.54) is 38.1 Å². The summed E-state index contributed by atoms with van der Waals surface area (Å²) in [7, 11) is 0. The van der Waals surface area contributed by atoms with Gasteiger partial charge in [-0.3, -0.25) is 47.9 Å². The van der Waals surface area contributed by atoms with Crippen LogP contribution in [0, 0.1) is 5.92 Å². The lowest BCUT2D eigenvalue weighted by Crippen LogP contribution is -2.60. The lowest BCUT2D eigenvalue weighted by molar-refractivity contribution is -0.142. The van der Waals surface area contributed by atoms with Crippen molar-refractivity contribution in [3.63, 3.8) is 0 Å². The summed E-state index contributed by atoms with van der Waals surface area (Å²) in [4.78, 5) is 122. The molecule has 1 rings (SSSR count). The number of hydrogen-bond donors (Lipinski definition) is 11. The molecule has 0 aliphatic carbocycles. The number of primary amides is 1. The van der Waals surface area contributed by atoms with Gasteiger partial charge in [0.2, 0.25) is 41.4 Å². The Morgan fingerprint density at radius 1 is 0.654 bits per heavy atom. The molecule has 0 aromatic heterocycles. The number of phenolic OH excluding ortho intramolecular Hbond substituents is 1. The predicted octanol–water partition coefficient (Wildman–Crippen LogP) is -3.55. The van der Waals surface area contributed by atoms with E-state index in [0.29, 0.717) is 5.56 Å². The zero-order valence-electron chi connectivity index (χ0n) is 28.5. The number of benzene rings is 1. The van der Waals surface area contributed by atoms with Crippen molar-refractivity contribution in [3.05, 3.63) is 29.8 Å². The molecule has 0 spiro atoms. The summed E-state index contributed by atoms with van der Waals surface area (Å²) >= 11 is 0. The van der Waals surface area contributed by atoms with Crippen LogP contribution < -0.4 is 37.6 Å². The van der Waals surface area contributed by atoms with Crippen LogP contribution in [-0.2, 0) is 54.4 Å². The highest BCUT2D eigenvalue weighted by Gasteiger charge is 2.34. The molecule has 0 aliphatic heterocycles. The molecule has 21 nitrogen and oxygen atoms in total. The Morgan fingerprint density at radius 3 is 1.65 bits per heavy atom. The summed E-state index contributed by atoms with van der Waals surface area (Å²) < 4.78 is 0. The number of aliphatic carboxylic acids is 3. The van der Waals surface area contributed by atoms with Crippen LogP contribution in [0.5, 0.6) is 5.75 Å². The van der Waals surface area contributed by atoms with Gasteiger partial charge in [-0.1, -0.05) is 26.0 Å². The van der Waals surface area contributed by atoms with Crippen molar-refractivity contribution in [3.8, 4) is 5.75 Å². The van der Waals surface area contributed by atoms with Crippen LogP contribution in [0.25, 0.3) is 0 Å². The zero-order valence-corrected chi connectivity index (χ0v) is 28.5. The quantitative estimate of drug-likeness (QED) is 0.0549. The summed E-state index contributed by atoms with van der Waals surface area (Å²) in [5, 5.41) is 50.3. The minimum absolute atomic E-state index is 0.0347. The highest BCUT2D eigenvalue weighted by atomic mass is 16.4. The fourth-order valence-corrected chi connectivity index (χ4v) is 4.50. The van der Waals surface area contributed by atoms with Crippen LogP contribution in [-0.4, -0.2) is 116 Å². The molecule has 286 valence electrons. The molecule has 0 bridgehead atoms. The largest absolute Gasteiger partial charge is 0.508 e. The summed E-state index contributed by atoms with van der Waals surface area (Å²) in [5.41, 5.74) is 5.90. The second-order valence-electron chi connectivity index (χ2n) is 11.8. The lowest BCUT2D eigenvalue weighted by atomic mass is 10.0. The molecule has 12 N–H and O–H groups in total. The van der Waals surface area contributed by atoms with Crippen molar-refractivity contribution in [1.82, 2.24) is 31.9 Å². The minimum Gasteiger partial charge on any atom is -0.508 e. The van der Waals surface area contributed by atoms with Gasteiger partial charge in [0.15, 0.2) is 0 Å². The van der Waals surface area contributed by atoms with E-state index in [9.17, 15) is 58.2 Å². The maximum absolute atomic E-state index is 13.3. The van der Waals surface area contributed by atoms with Crippen molar-refractivity contribution in [2.75, 3.05) is 6.54 Å². The lowest BCUT2D eigenvalue weighted by Gasteiger charge is -2.27. The maximum Gasteiger partial charge on any atom is 0.305 e. The molecule has 0 aliphatic rings. The summed E-state index contributed by atoms with van der Waals surface area (Å²) in [6.07, 6.45) is -3.11. The second-order valence-corrected chi connectivity index (χ2v) is 11.8. The van der Waals surface area contributed by atoms with Gasteiger partial charge in [0.25, 0.3) is 0 Å². The highest BCUT2D eigenvalue weighted by molar-refractivity contribution is 5.98. The first-order valence-electron chi connectivity index (χ1n) is 15.7.